The van der Waals surface area contributed by atoms with Gasteiger partial charge in [-0.2, -0.15) is 0 Å². The third kappa shape index (κ3) is 3.25. The molecule has 1 aromatic heterocycles. The van der Waals surface area contributed by atoms with Crippen LogP contribution in [0.5, 0.6) is 0 Å². The van der Waals surface area contributed by atoms with E-state index in [-0.39, 0.29) is 5.75 Å². The number of nitrogens with zero attached hydrogens (tertiary/aromatic N) is 4. The molecule has 1 heterocycles. The molecular formula is C12H14N4O2S. The van der Waals surface area contributed by atoms with Crippen molar-refractivity contribution in [2.45, 2.75) is 5.16 Å². The van der Waals surface area contributed by atoms with Gasteiger partial charge in [-0.15, -0.1) is 10.2 Å². The van der Waals surface area contributed by atoms with Crippen molar-refractivity contribution in [3.63, 3.8) is 0 Å². The van der Waals surface area contributed by atoms with Crippen molar-refractivity contribution in [1.29, 1.82) is 0 Å². The molecule has 0 saturated heterocycles. The molecule has 100 valence electrons. The zero-order valence-corrected chi connectivity index (χ0v) is 11.5. The molecule has 0 aliphatic heterocycles. The number of hydrogen-bond donors (Lipinski definition) is 1. The number of aliphatic carboxylic acids is 1. The minimum Gasteiger partial charge on any atom is -0.481 e. The van der Waals surface area contributed by atoms with Gasteiger partial charge >= 0.3 is 5.97 Å². The molecule has 0 aliphatic rings. The molecule has 0 aliphatic carbocycles. The van der Waals surface area contributed by atoms with Gasteiger partial charge in [0, 0.05) is 19.8 Å². The fraction of sp³-hybridized carbons (Fsp3) is 0.250. The van der Waals surface area contributed by atoms with Crippen molar-refractivity contribution >= 4 is 23.4 Å². The predicted molar refractivity (Wildman–Crippen MR) is 74.0 cm³/mol. The molecule has 6 nitrogen and oxygen atoms in total. The van der Waals surface area contributed by atoms with Crippen LogP contribution >= 0.6 is 11.8 Å². The van der Waals surface area contributed by atoms with Crippen molar-refractivity contribution < 1.29 is 9.90 Å². The van der Waals surface area contributed by atoms with Crippen LogP contribution in [0.25, 0.3) is 5.69 Å². The predicted octanol–water partition coefficient (Wildman–Crippen LogP) is 1.51. The zero-order valence-electron chi connectivity index (χ0n) is 10.6. The van der Waals surface area contributed by atoms with Gasteiger partial charge in [0.25, 0.3) is 0 Å². The van der Waals surface area contributed by atoms with Crippen molar-refractivity contribution in [3.8, 4) is 5.69 Å². The highest BCUT2D eigenvalue weighted by atomic mass is 32.2. The third-order valence-corrected chi connectivity index (χ3v) is 3.39. The molecule has 0 spiro atoms. The Bertz CT molecular complexity index is 583. The normalized spacial score (nSPS) is 10.4. The maximum atomic E-state index is 10.6. The highest BCUT2D eigenvalue weighted by molar-refractivity contribution is 7.99. The Kier molecular flexibility index (Phi) is 4.06. The summed E-state index contributed by atoms with van der Waals surface area (Å²) < 4.78 is 1.78. The molecule has 0 bridgehead atoms. The van der Waals surface area contributed by atoms with Crippen LogP contribution in [0.4, 0.5) is 5.69 Å². The molecule has 0 atom stereocenters. The van der Waals surface area contributed by atoms with Crippen LogP contribution in [-0.4, -0.2) is 45.7 Å². The van der Waals surface area contributed by atoms with E-state index in [1.807, 2.05) is 43.3 Å². The first-order valence-electron chi connectivity index (χ1n) is 5.60. The molecule has 0 unspecified atom stereocenters. The first-order valence-corrected chi connectivity index (χ1v) is 6.59. The summed E-state index contributed by atoms with van der Waals surface area (Å²) in [6.45, 7) is 0. The van der Waals surface area contributed by atoms with Gasteiger partial charge in [-0.05, 0) is 18.2 Å². The number of rotatable bonds is 5. The lowest BCUT2D eigenvalue weighted by molar-refractivity contribution is -0.133. The summed E-state index contributed by atoms with van der Waals surface area (Å²) in [6.07, 6.45) is 1.58. The van der Waals surface area contributed by atoms with Crippen molar-refractivity contribution in [2.75, 3.05) is 24.7 Å². The van der Waals surface area contributed by atoms with Gasteiger partial charge in [0.05, 0.1) is 11.4 Å². The molecular weight excluding hydrogens is 264 g/mol. The number of carboxylic acids is 1. The van der Waals surface area contributed by atoms with E-state index >= 15 is 0 Å². The van der Waals surface area contributed by atoms with E-state index in [1.54, 1.807) is 10.9 Å². The third-order valence-electron chi connectivity index (χ3n) is 2.47. The number of anilines is 1. The molecule has 2 aromatic rings. The summed E-state index contributed by atoms with van der Waals surface area (Å²) in [4.78, 5) is 12.6. The number of carbonyl (C=O) groups is 1. The Morgan fingerprint density at radius 1 is 1.47 bits per heavy atom. The number of aromatic nitrogens is 3. The Labute approximate surface area is 115 Å². The summed E-state index contributed by atoms with van der Waals surface area (Å²) in [5, 5.41) is 17.0. The number of hydrogen-bond acceptors (Lipinski definition) is 5. The van der Waals surface area contributed by atoms with Gasteiger partial charge in [-0.25, -0.2) is 0 Å². The van der Waals surface area contributed by atoms with E-state index < -0.39 is 5.97 Å². The quantitative estimate of drug-likeness (QED) is 0.836. The fourth-order valence-corrected chi connectivity index (χ4v) is 2.20. The molecule has 0 amide bonds. The van der Waals surface area contributed by atoms with Gasteiger partial charge in [0.2, 0.25) is 0 Å². The van der Waals surface area contributed by atoms with Gasteiger partial charge in [-0.1, -0.05) is 17.8 Å². The smallest absolute Gasteiger partial charge is 0.313 e. The second-order valence-electron chi connectivity index (χ2n) is 4.08. The van der Waals surface area contributed by atoms with Crippen molar-refractivity contribution in [1.82, 2.24) is 14.8 Å². The van der Waals surface area contributed by atoms with Gasteiger partial charge in [0.15, 0.2) is 5.16 Å². The Balaban J connectivity index is 2.29. The lowest BCUT2D eigenvalue weighted by Crippen LogP contribution is -2.09. The first kappa shape index (κ1) is 13.4. The lowest BCUT2D eigenvalue weighted by Gasteiger charge is -2.14. The molecule has 19 heavy (non-hydrogen) atoms. The molecule has 7 heteroatoms. The summed E-state index contributed by atoms with van der Waals surface area (Å²) >= 11 is 1.15. The average molecular weight is 278 g/mol. The molecule has 2 rings (SSSR count). The van der Waals surface area contributed by atoms with Crippen molar-refractivity contribution in [2.24, 2.45) is 0 Å². The molecule has 0 saturated carbocycles. The van der Waals surface area contributed by atoms with Crippen LogP contribution in [0.2, 0.25) is 0 Å². The summed E-state index contributed by atoms with van der Waals surface area (Å²) in [5.74, 6) is -0.909. The fourth-order valence-electron chi connectivity index (χ4n) is 1.55. The standard InChI is InChI=1S/C12H14N4O2S/c1-15(2)9-4-3-5-10(6-9)16-8-13-14-12(16)19-7-11(17)18/h3-6,8H,7H2,1-2H3,(H,17,18). The summed E-state index contributed by atoms with van der Waals surface area (Å²) in [5.41, 5.74) is 1.96. The van der Waals surface area contributed by atoms with Gasteiger partial charge in [-0.3, -0.25) is 9.36 Å². The Morgan fingerprint density at radius 3 is 2.95 bits per heavy atom. The zero-order chi connectivity index (χ0) is 13.8. The Hall–Kier alpha value is -2.02. The molecule has 1 aromatic carbocycles. The van der Waals surface area contributed by atoms with Crippen molar-refractivity contribution in [3.05, 3.63) is 30.6 Å². The number of carboxylic acid groups (broad SMARTS) is 1. The first-order chi connectivity index (χ1) is 9.08. The van der Waals surface area contributed by atoms with Gasteiger partial charge < -0.3 is 10.0 Å². The minimum atomic E-state index is -0.874. The van der Waals surface area contributed by atoms with Crippen LogP contribution in [0.15, 0.2) is 35.7 Å². The minimum absolute atomic E-state index is 0.0357. The topological polar surface area (TPSA) is 71.2 Å². The second-order valence-corrected chi connectivity index (χ2v) is 5.02. The van der Waals surface area contributed by atoms with Crippen LogP contribution in [-0.2, 0) is 4.79 Å². The maximum Gasteiger partial charge on any atom is 0.313 e. The van der Waals surface area contributed by atoms with E-state index in [1.165, 1.54) is 0 Å². The van der Waals surface area contributed by atoms with E-state index in [0.717, 1.165) is 23.1 Å². The monoisotopic (exact) mass is 278 g/mol. The SMILES string of the molecule is CN(C)c1cccc(-n2cnnc2SCC(=O)O)c1. The average Bonchev–Trinajstić information content (AvgIpc) is 2.84. The maximum absolute atomic E-state index is 10.6. The van der Waals surface area contributed by atoms with E-state index in [0.29, 0.717) is 5.16 Å². The van der Waals surface area contributed by atoms with Crippen LogP contribution in [0, 0.1) is 0 Å². The van der Waals surface area contributed by atoms with Crippen LogP contribution in [0.3, 0.4) is 0 Å². The summed E-state index contributed by atoms with van der Waals surface area (Å²) in [6, 6.07) is 7.86. The highest BCUT2D eigenvalue weighted by Crippen LogP contribution is 2.22. The molecule has 1 N–H and O–H groups in total. The lowest BCUT2D eigenvalue weighted by atomic mass is 10.2. The van der Waals surface area contributed by atoms with Crippen LogP contribution in [0.1, 0.15) is 0 Å². The van der Waals surface area contributed by atoms with E-state index in [9.17, 15) is 4.79 Å². The summed E-state index contributed by atoms with van der Waals surface area (Å²) in [7, 11) is 3.93. The second kappa shape index (κ2) is 5.75. The largest absolute Gasteiger partial charge is 0.481 e. The highest BCUT2D eigenvalue weighted by Gasteiger charge is 2.09. The Morgan fingerprint density at radius 2 is 2.26 bits per heavy atom. The molecule has 0 fully saturated rings. The number of thioether (sulfide) groups is 1. The van der Waals surface area contributed by atoms with E-state index in [4.69, 9.17) is 5.11 Å². The number of benzene rings is 1. The van der Waals surface area contributed by atoms with Crippen LogP contribution < -0.4 is 4.90 Å². The molecule has 0 radical (unpaired) electrons. The van der Waals surface area contributed by atoms with Gasteiger partial charge in [0.1, 0.15) is 6.33 Å². The van der Waals surface area contributed by atoms with E-state index in [2.05, 4.69) is 10.2 Å².